The van der Waals surface area contributed by atoms with Gasteiger partial charge >= 0.3 is 0 Å². The van der Waals surface area contributed by atoms with Crippen molar-refractivity contribution in [3.8, 4) is 11.1 Å². The second-order valence-corrected chi connectivity index (χ2v) is 6.50. The summed E-state index contributed by atoms with van der Waals surface area (Å²) in [5.41, 5.74) is 3.69. The average molecular weight is 333 g/mol. The predicted molar refractivity (Wildman–Crippen MR) is 97.0 cm³/mol. The fraction of sp³-hybridized carbons (Fsp3) is 0.250. The Labute approximate surface area is 145 Å². The molecule has 0 radical (unpaired) electrons. The number of hydrogen-bond donors (Lipinski definition) is 2. The molecule has 1 amide bonds. The highest BCUT2D eigenvalue weighted by Crippen LogP contribution is 2.31. The SMILES string of the molecule is Cc1ccnc(CO)c1-c1ccc2cc(NC(=O)C3CC3)ncc2c1. The van der Waals surface area contributed by atoms with Crippen molar-refractivity contribution in [1.29, 1.82) is 0 Å². The molecule has 0 saturated heterocycles. The first kappa shape index (κ1) is 15.7. The quantitative estimate of drug-likeness (QED) is 0.767. The highest BCUT2D eigenvalue weighted by Gasteiger charge is 2.29. The van der Waals surface area contributed by atoms with Crippen LogP contribution in [-0.2, 0) is 11.4 Å². The van der Waals surface area contributed by atoms with Gasteiger partial charge in [-0.2, -0.15) is 0 Å². The van der Waals surface area contributed by atoms with Crippen molar-refractivity contribution in [1.82, 2.24) is 9.97 Å². The topological polar surface area (TPSA) is 75.1 Å². The van der Waals surface area contributed by atoms with Crippen LogP contribution in [0.1, 0.15) is 24.1 Å². The van der Waals surface area contributed by atoms with E-state index in [1.807, 2.05) is 37.3 Å². The fourth-order valence-electron chi connectivity index (χ4n) is 3.07. The van der Waals surface area contributed by atoms with Gasteiger partial charge in [0.15, 0.2) is 0 Å². The lowest BCUT2D eigenvalue weighted by Crippen LogP contribution is -2.14. The standard InChI is InChI=1S/C20H19N3O2/c1-12-6-7-21-17(11-24)19(12)15-5-4-14-9-18(22-10-16(14)8-15)23-20(25)13-2-3-13/h4-10,13,24H,2-3,11H2,1H3,(H,22,23,25). The number of aliphatic hydroxyl groups excluding tert-OH is 1. The number of pyridine rings is 2. The lowest BCUT2D eigenvalue weighted by molar-refractivity contribution is -0.117. The number of rotatable bonds is 4. The summed E-state index contributed by atoms with van der Waals surface area (Å²) in [6.07, 6.45) is 5.42. The van der Waals surface area contributed by atoms with Crippen LogP contribution in [0.4, 0.5) is 5.82 Å². The van der Waals surface area contributed by atoms with Gasteiger partial charge in [0.2, 0.25) is 5.91 Å². The maximum Gasteiger partial charge on any atom is 0.228 e. The van der Waals surface area contributed by atoms with Crippen LogP contribution in [0, 0.1) is 12.8 Å². The molecule has 1 aliphatic rings. The summed E-state index contributed by atoms with van der Waals surface area (Å²) in [6, 6.07) is 9.89. The van der Waals surface area contributed by atoms with Gasteiger partial charge in [0, 0.05) is 29.3 Å². The monoisotopic (exact) mass is 333 g/mol. The number of nitrogens with zero attached hydrogens (tertiary/aromatic N) is 2. The Balaban J connectivity index is 1.70. The third-order valence-corrected chi connectivity index (χ3v) is 4.60. The maximum atomic E-state index is 11.9. The molecule has 126 valence electrons. The summed E-state index contributed by atoms with van der Waals surface area (Å²) < 4.78 is 0. The number of aliphatic hydroxyl groups is 1. The molecule has 1 aromatic carbocycles. The highest BCUT2D eigenvalue weighted by atomic mass is 16.3. The van der Waals surface area contributed by atoms with Crippen LogP contribution in [0.15, 0.2) is 42.7 Å². The molecule has 25 heavy (non-hydrogen) atoms. The molecule has 2 heterocycles. The predicted octanol–water partition coefficient (Wildman–Crippen LogP) is 3.45. The molecular weight excluding hydrogens is 314 g/mol. The van der Waals surface area contributed by atoms with Crippen molar-refractivity contribution >= 4 is 22.5 Å². The van der Waals surface area contributed by atoms with Crippen molar-refractivity contribution in [2.45, 2.75) is 26.4 Å². The third-order valence-electron chi connectivity index (χ3n) is 4.60. The Morgan fingerprint density at radius 1 is 1.20 bits per heavy atom. The van der Waals surface area contributed by atoms with Gasteiger partial charge in [0.1, 0.15) is 5.82 Å². The summed E-state index contributed by atoms with van der Waals surface area (Å²) in [5, 5.41) is 14.4. The number of benzene rings is 1. The third kappa shape index (κ3) is 3.10. The minimum absolute atomic E-state index is 0.0574. The molecule has 1 fully saturated rings. The minimum Gasteiger partial charge on any atom is -0.390 e. The van der Waals surface area contributed by atoms with E-state index in [-0.39, 0.29) is 18.4 Å². The number of fused-ring (bicyclic) bond motifs is 1. The summed E-state index contributed by atoms with van der Waals surface area (Å²) in [4.78, 5) is 20.5. The molecule has 0 unspecified atom stereocenters. The molecule has 5 heteroatoms. The first-order chi connectivity index (χ1) is 12.2. The van der Waals surface area contributed by atoms with Gasteiger partial charge in [0.25, 0.3) is 0 Å². The number of carbonyl (C=O) groups excluding carboxylic acids is 1. The van der Waals surface area contributed by atoms with Crippen LogP contribution in [0.2, 0.25) is 0 Å². The van der Waals surface area contributed by atoms with E-state index in [0.717, 1.165) is 40.3 Å². The average Bonchev–Trinajstić information content (AvgIpc) is 3.46. The minimum atomic E-state index is -0.0978. The van der Waals surface area contributed by atoms with Gasteiger partial charge in [-0.1, -0.05) is 12.1 Å². The number of carbonyl (C=O) groups is 1. The number of anilines is 1. The van der Waals surface area contributed by atoms with E-state index in [4.69, 9.17) is 0 Å². The van der Waals surface area contributed by atoms with Crippen LogP contribution in [0.3, 0.4) is 0 Å². The molecule has 2 N–H and O–H groups in total. The Hall–Kier alpha value is -2.79. The number of amides is 1. The Morgan fingerprint density at radius 2 is 2.04 bits per heavy atom. The van der Waals surface area contributed by atoms with Crippen LogP contribution < -0.4 is 5.32 Å². The molecule has 0 bridgehead atoms. The molecule has 4 rings (SSSR count). The molecule has 3 aromatic rings. The molecule has 2 aromatic heterocycles. The normalized spacial score (nSPS) is 13.8. The van der Waals surface area contributed by atoms with Crippen molar-refractivity contribution in [3.05, 3.63) is 54.0 Å². The Bertz CT molecular complexity index is 964. The van der Waals surface area contributed by atoms with E-state index in [9.17, 15) is 9.90 Å². The zero-order valence-electron chi connectivity index (χ0n) is 14.0. The second kappa shape index (κ2) is 6.26. The van der Waals surface area contributed by atoms with E-state index in [2.05, 4.69) is 15.3 Å². The van der Waals surface area contributed by atoms with E-state index >= 15 is 0 Å². The summed E-state index contributed by atoms with van der Waals surface area (Å²) in [7, 11) is 0. The molecule has 5 nitrogen and oxygen atoms in total. The van der Waals surface area contributed by atoms with Crippen LogP contribution in [-0.4, -0.2) is 21.0 Å². The van der Waals surface area contributed by atoms with Crippen LogP contribution >= 0.6 is 0 Å². The van der Waals surface area contributed by atoms with Gasteiger partial charge in [-0.05, 0) is 54.5 Å². The van der Waals surface area contributed by atoms with Crippen LogP contribution in [0.5, 0.6) is 0 Å². The van der Waals surface area contributed by atoms with Crippen molar-refractivity contribution in [2.24, 2.45) is 5.92 Å². The molecule has 1 saturated carbocycles. The van der Waals surface area contributed by atoms with E-state index in [1.54, 1.807) is 12.4 Å². The summed E-state index contributed by atoms with van der Waals surface area (Å²) in [6.45, 7) is 1.91. The van der Waals surface area contributed by atoms with Gasteiger partial charge < -0.3 is 10.4 Å². The van der Waals surface area contributed by atoms with Crippen LogP contribution in [0.25, 0.3) is 21.9 Å². The maximum absolute atomic E-state index is 11.9. The van der Waals surface area contributed by atoms with E-state index in [1.165, 1.54) is 0 Å². The van der Waals surface area contributed by atoms with Gasteiger partial charge in [-0.3, -0.25) is 9.78 Å². The second-order valence-electron chi connectivity index (χ2n) is 6.50. The zero-order chi connectivity index (χ0) is 17.4. The zero-order valence-corrected chi connectivity index (χ0v) is 14.0. The van der Waals surface area contributed by atoms with Gasteiger partial charge in [0.05, 0.1) is 12.3 Å². The van der Waals surface area contributed by atoms with Crippen molar-refractivity contribution < 1.29 is 9.90 Å². The summed E-state index contributed by atoms with van der Waals surface area (Å²) in [5.74, 6) is 0.804. The first-order valence-corrected chi connectivity index (χ1v) is 8.42. The molecule has 1 aliphatic carbocycles. The number of nitrogens with one attached hydrogen (secondary N) is 1. The summed E-state index contributed by atoms with van der Waals surface area (Å²) >= 11 is 0. The number of hydrogen-bond acceptors (Lipinski definition) is 4. The molecule has 0 spiro atoms. The highest BCUT2D eigenvalue weighted by molar-refractivity contribution is 5.96. The molecule has 0 atom stereocenters. The fourth-order valence-corrected chi connectivity index (χ4v) is 3.07. The Kier molecular flexibility index (Phi) is 3.93. The Morgan fingerprint density at radius 3 is 2.80 bits per heavy atom. The first-order valence-electron chi connectivity index (χ1n) is 8.42. The van der Waals surface area contributed by atoms with E-state index in [0.29, 0.717) is 11.5 Å². The van der Waals surface area contributed by atoms with Crippen molar-refractivity contribution in [3.63, 3.8) is 0 Å². The van der Waals surface area contributed by atoms with Gasteiger partial charge in [-0.25, -0.2) is 4.98 Å². The number of aromatic nitrogens is 2. The largest absolute Gasteiger partial charge is 0.390 e. The number of aryl methyl sites for hydroxylation is 1. The van der Waals surface area contributed by atoms with Crippen molar-refractivity contribution in [2.75, 3.05) is 5.32 Å². The van der Waals surface area contributed by atoms with Gasteiger partial charge in [-0.15, -0.1) is 0 Å². The van der Waals surface area contributed by atoms with E-state index < -0.39 is 0 Å². The lowest BCUT2D eigenvalue weighted by Gasteiger charge is -2.11. The lowest BCUT2D eigenvalue weighted by atomic mass is 9.97. The smallest absolute Gasteiger partial charge is 0.228 e. The molecular formula is C20H19N3O2. The molecule has 0 aliphatic heterocycles.